The first-order valence-corrected chi connectivity index (χ1v) is 7.83. The van der Waals surface area contributed by atoms with Crippen molar-refractivity contribution in [3.05, 3.63) is 29.8 Å². The first-order valence-electron chi connectivity index (χ1n) is 6.39. The van der Waals surface area contributed by atoms with Crippen LogP contribution in [0.4, 0.5) is 0 Å². The van der Waals surface area contributed by atoms with Crippen molar-refractivity contribution < 1.29 is 23.4 Å². The quantitative estimate of drug-likeness (QED) is 0.856. The maximum absolute atomic E-state index is 12.4. The average molecular weight is 299 g/mol. The van der Waals surface area contributed by atoms with Crippen molar-refractivity contribution in [3.63, 3.8) is 0 Å². The molecular formula is C13H17NO5S. The summed E-state index contributed by atoms with van der Waals surface area (Å²) in [6, 6.07) is 5.21. The number of aromatic carboxylic acids is 1. The topological polar surface area (TPSA) is 94.9 Å². The Morgan fingerprint density at radius 1 is 1.20 bits per heavy atom. The van der Waals surface area contributed by atoms with Gasteiger partial charge in [0.2, 0.25) is 10.0 Å². The highest BCUT2D eigenvalue weighted by atomic mass is 32.2. The van der Waals surface area contributed by atoms with Crippen LogP contribution in [0.15, 0.2) is 29.2 Å². The van der Waals surface area contributed by atoms with E-state index in [9.17, 15) is 13.2 Å². The van der Waals surface area contributed by atoms with Crippen molar-refractivity contribution in [2.75, 3.05) is 19.7 Å². The summed E-state index contributed by atoms with van der Waals surface area (Å²) in [7, 11) is -3.58. The first-order chi connectivity index (χ1) is 9.45. The molecule has 1 fully saturated rings. The van der Waals surface area contributed by atoms with Gasteiger partial charge in [0.15, 0.2) is 0 Å². The lowest BCUT2D eigenvalue weighted by atomic mass is 10.00. The van der Waals surface area contributed by atoms with E-state index in [-0.39, 0.29) is 23.0 Å². The molecule has 6 nitrogen and oxygen atoms in total. The van der Waals surface area contributed by atoms with Gasteiger partial charge in [-0.15, -0.1) is 0 Å². The van der Waals surface area contributed by atoms with Gasteiger partial charge in [0.05, 0.1) is 10.5 Å². The fraction of sp³-hybridized carbons (Fsp3) is 0.462. The van der Waals surface area contributed by atoms with Crippen LogP contribution in [0.1, 0.15) is 23.2 Å². The molecule has 1 heterocycles. The fourth-order valence-corrected chi connectivity index (χ4v) is 3.72. The van der Waals surface area contributed by atoms with Gasteiger partial charge in [-0.3, -0.25) is 0 Å². The number of hydrogen-bond donors (Lipinski definition) is 2. The Kier molecular flexibility index (Phi) is 4.42. The number of carboxylic acids is 1. The van der Waals surface area contributed by atoms with E-state index in [1.807, 2.05) is 0 Å². The second-order valence-corrected chi connectivity index (χ2v) is 6.80. The van der Waals surface area contributed by atoms with Crippen LogP contribution >= 0.6 is 0 Å². The molecule has 2 rings (SSSR count). The molecule has 0 bridgehead atoms. The van der Waals surface area contributed by atoms with Crippen LogP contribution in [0.3, 0.4) is 0 Å². The molecule has 0 amide bonds. The summed E-state index contributed by atoms with van der Waals surface area (Å²) in [5, 5.41) is 17.9. The number of rotatable bonds is 4. The molecule has 0 saturated carbocycles. The van der Waals surface area contributed by atoms with Crippen molar-refractivity contribution in [2.24, 2.45) is 5.92 Å². The van der Waals surface area contributed by atoms with Crippen LogP contribution in [-0.4, -0.2) is 48.6 Å². The maximum atomic E-state index is 12.4. The molecule has 1 aliphatic heterocycles. The van der Waals surface area contributed by atoms with Crippen LogP contribution in [0.2, 0.25) is 0 Å². The highest BCUT2D eigenvalue weighted by molar-refractivity contribution is 7.89. The number of piperidine rings is 1. The predicted octanol–water partition coefficient (Wildman–Crippen LogP) is 0.778. The molecule has 1 aliphatic rings. The molecule has 0 aromatic heterocycles. The third-order valence-electron chi connectivity index (χ3n) is 3.57. The second-order valence-electron chi connectivity index (χ2n) is 4.86. The van der Waals surface area contributed by atoms with Crippen LogP contribution in [-0.2, 0) is 10.0 Å². The van der Waals surface area contributed by atoms with Crippen LogP contribution in [0.25, 0.3) is 0 Å². The van der Waals surface area contributed by atoms with E-state index < -0.39 is 16.0 Å². The predicted molar refractivity (Wildman–Crippen MR) is 72.0 cm³/mol. The summed E-state index contributed by atoms with van der Waals surface area (Å²) >= 11 is 0. The van der Waals surface area contributed by atoms with E-state index in [4.69, 9.17) is 10.2 Å². The number of sulfonamides is 1. The van der Waals surface area contributed by atoms with Gasteiger partial charge in [-0.2, -0.15) is 4.31 Å². The minimum absolute atomic E-state index is 0.0583. The molecule has 0 unspecified atom stereocenters. The Balaban J connectivity index is 2.16. The number of nitrogens with zero attached hydrogens (tertiary/aromatic N) is 1. The summed E-state index contributed by atoms with van der Waals surface area (Å²) in [5.41, 5.74) is 0.0583. The van der Waals surface area contributed by atoms with E-state index >= 15 is 0 Å². The molecular weight excluding hydrogens is 282 g/mol. The molecule has 1 saturated heterocycles. The van der Waals surface area contributed by atoms with E-state index in [1.165, 1.54) is 28.6 Å². The van der Waals surface area contributed by atoms with E-state index in [2.05, 4.69) is 0 Å². The standard InChI is InChI=1S/C13H17NO5S/c15-9-10-5-7-14(8-6-10)20(18,19)12-3-1-11(2-4-12)13(16)17/h1-4,10,15H,5-9H2,(H,16,17). The first kappa shape index (κ1) is 15.0. The molecule has 2 N–H and O–H groups in total. The average Bonchev–Trinajstić information content (AvgIpc) is 2.47. The van der Waals surface area contributed by atoms with E-state index in [0.717, 1.165) is 0 Å². The zero-order valence-electron chi connectivity index (χ0n) is 10.9. The minimum Gasteiger partial charge on any atom is -0.478 e. The smallest absolute Gasteiger partial charge is 0.335 e. The lowest BCUT2D eigenvalue weighted by Crippen LogP contribution is -2.39. The number of benzene rings is 1. The lowest BCUT2D eigenvalue weighted by Gasteiger charge is -2.30. The Labute approximate surface area is 117 Å². The zero-order chi connectivity index (χ0) is 14.8. The molecule has 20 heavy (non-hydrogen) atoms. The zero-order valence-corrected chi connectivity index (χ0v) is 11.7. The van der Waals surface area contributed by atoms with Crippen molar-refractivity contribution in [1.82, 2.24) is 4.31 Å². The van der Waals surface area contributed by atoms with Crippen LogP contribution in [0.5, 0.6) is 0 Å². The molecule has 0 spiro atoms. The Bertz CT molecular complexity index is 573. The number of carboxylic acid groups (broad SMARTS) is 1. The number of carbonyl (C=O) groups is 1. The Morgan fingerprint density at radius 3 is 2.20 bits per heavy atom. The van der Waals surface area contributed by atoms with Crippen molar-refractivity contribution in [2.45, 2.75) is 17.7 Å². The van der Waals surface area contributed by atoms with Crippen molar-refractivity contribution in [3.8, 4) is 0 Å². The molecule has 0 aliphatic carbocycles. The summed E-state index contributed by atoms with van der Waals surface area (Å²) in [6.45, 7) is 0.851. The van der Waals surface area contributed by atoms with Crippen molar-refractivity contribution >= 4 is 16.0 Å². The molecule has 7 heteroatoms. The van der Waals surface area contributed by atoms with Gasteiger partial charge in [0.25, 0.3) is 0 Å². The largest absolute Gasteiger partial charge is 0.478 e. The van der Waals surface area contributed by atoms with E-state index in [1.54, 1.807) is 0 Å². The summed E-state index contributed by atoms with van der Waals surface area (Å²) < 4.78 is 26.1. The highest BCUT2D eigenvalue weighted by Gasteiger charge is 2.29. The van der Waals surface area contributed by atoms with Gasteiger partial charge in [-0.05, 0) is 43.0 Å². The SMILES string of the molecule is O=C(O)c1ccc(S(=O)(=O)N2CCC(CO)CC2)cc1. The summed E-state index contributed by atoms with van der Waals surface area (Å²) in [6.07, 6.45) is 1.28. The highest BCUT2D eigenvalue weighted by Crippen LogP contribution is 2.23. The van der Waals surface area contributed by atoms with Crippen LogP contribution < -0.4 is 0 Å². The van der Waals surface area contributed by atoms with Crippen LogP contribution in [0, 0.1) is 5.92 Å². The number of aliphatic hydroxyl groups is 1. The Morgan fingerprint density at radius 2 is 1.75 bits per heavy atom. The maximum Gasteiger partial charge on any atom is 0.335 e. The van der Waals surface area contributed by atoms with E-state index in [0.29, 0.717) is 25.9 Å². The summed E-state index contributed by atoms with van der Waals surface area (Å²) in [5.74, 6) is -0.923. The molecule has 1 aromatic rings. The molecule has 110 valence electrons. The van der Waals surface area contributed by atoms with Gasteiger partial charge >= 0.3 is 5.97 Å². The van der Waals surface area contributed by atoms with Gasteiger partial charge in [0.1, 0.15) is 0 Å². The van der Waals surface area contributed by atoms with Gasteiger partial charge in [-0.1, -0.05) is 0 Å². The van der Waals surface area contributed by atoms with Gasteiger partial charge in [-0.25, -0.2) is 13.2 Å². The normalized spacial score (nSPS) is 18.1. The number of aliphatic hydroxyl groups excluding tert-OH is 1. The molecule has 1 aromatic carbocycles. The molecule has 0 radical (unpaired) electrons. The minimum atomic E-state index is -3.58. The fourth-order valence-electron chi connectivity index (χ4n) is 2.25. The van der Waals surface area contributed by atoms with Crippen molar-refractivity contribution in [1.29, 1.82) is 0 Å². The third-order valence-corrected chi connectivity index (χ3v) is 5.48. The Hall–Kier alpha value is -1.44. The van der Waals surface area contributed by atoms with Gasteiger partial charge < -0.3 is 10.2 Å². The van der Waals surface area contributed by atoms with Gasteiger partial charge in [0, 0.05) is 19.7 Å². The lowest BCUT2D eigenvalue weighted by molar-refractivity contribution is 0.0696. The molecule has 0 atom stereocenters. The summed E-state index contributed by atoms with van der Waals surface area (Å²) in [4.78, 5) is 10.9. The third kappa shape index (κ3) is 3.00. The number of hydrogen-bond acceptors (Lipinski definition) is 4. The second kappa shape index (κ2) is 5.90. The monoisotopic (exact) mass is 299 g/mol.